The molecule has 3 aromatic rings. The summed E-state index contributed by atoms with van der Waals surface area (Å²) in [4.78, 5) is 11.3. The van der Waals surface area contributed by atoms with E-state index in [1.807, 2.05) is 19.2 Å². The summed E-state index contributed by atoms with van der Waals surface area (Å²) in [6, 6.07) is 7.44. The Balaban J connectivity index is 1.52. The second-order valence-electron chi connectivity index (χ2n) is 6.39. The van der Waals surface area contributed by atoms with Crippen molar-refractivity contribution in [1.29, 1.82) is 0 Å². The van der Waals surface area contributed by atoms with Gasteiger partial charge in [0.2, 0.25) is 5.95 Å². The molecule has 1 fully saturated rings. The lowest BCUT2D eigenvalue weighted by Crippen LogP contribution is -2.23. The van der Waals surface area contributed by atoms with Gasteiger partial charge in [-0.3, -0.25) is 4.68 Å². The quantitative estimate of drug-likeness (QED) is 0.762. The fourth-order valence-corrected chi connectivity index (χ4v) is 3.32. The van der Waals surface area contributed by atoms with Crippen molar-refractivity contribution in [2.45, 2.75) is 12.8 Å². The number of phenolic OH excluding ortho intramolecular Hbond substituents is 1. The van der Waals surface area contributed by atoms with Gasteiger partial charge in [0.15, 0.2) is 5.65 Å². The maximum Gasteiger partial charge on any atom is 0.229 e. The van der Waals surface area contributed by atoms with E-state index in [0.29, 0.717) is 23.4 Å². The van der Waals surface area contributed by atoms with E-state index < -0.39 is 0 Å². The summed E-state index contributed by atoms with van der Waals surface area (Å²) >= 11 is 0. The Morgan fingerprint density at radius 2 is 2.04 bits per heavy atom. The molecule has 0 bridgehead atoms. The second kappa shape index (κ2) is 5.67. The van der Waals surface area contributed by atoms with E-state index in [0.717, 1.165) is 37.0 Å². The van der Waals surface area contributed by atoms with Crippen LogP contribution in [0.2, 0.25) is 0 Å². The number of anilines is 2. The lowest BCUT2D eigenvalue weighted by atomic mass is 9.99. The number of aryl methyl sites for hydroxylation is 1. The minimum atomic E-state index is 0.306. The van der Waals surface area contributed by atoms with E-state index >= 15 is 0 Å². The van der Waals surface area contributed by atoms with Gasteiger partial charge in [-0.15, -0.1) is 0 Å². The largest absolute Gasteiger partial charge is 0.508 e. The molecule has 7 nitrogen and oxygen atoms in total. The van der Waals surface area contributed by atoms with Crippen LogP contribution in [0.5, 0.6) is 5.75 Å². The van der Waals surface area contributed by atoms with Crippen molar-refractivity contribution in [3.63, 3.8) is 0 Å². The van der Waals surface area contributed by atoms with Gasteiger partial charge in [0.1, 0.15) is 11.6 Å². The molecule has 0 radical (unpaired) electrons. The third kappa shape index (κ3) is 2.62. The maximum atomic E-state index is 9.38. The number of benzene rings is 1. The third-order valence-electron chi connectivity index (χ3n) is 4.64. The summed E-state index contributed by atoms with van der Waals surface area (Å²) < 4.78 is 1.72. The molecule has 3 heterocycles. The molecule has 0 saturated carbocycles. The molecule has 4 rings (SSSR count). The highest BCUT2D eigenvalue weighted by atomic mass is 16.3. The van der Waals surface area contributed by atoms with Crippen LogP contribution in [-0.2, 0) is 13.5 Å². The average molecular weight is 324 g/mol. The van der Waals surface area contributed by atoms with E-state index in [2.05, 4.69) is 20.0 Å². The zero-order chi connectivity index (χ0) is 16.7. The van der Waals surface area contributed by atoms with E-state index in [1.54, 1.807) is 23.0 Å². The molecule has 0 amide bonds. The lowest BCUT2D eigenvalue weighted by molar-refractivity contribution is 0.474. The predicted octanol–water partition coefficient (Wildman–Crippen LogP) is 1.72. The number of hydrogen-bond donors (Lipinski definition) is 2. The minimum Gasteiger partial charge on any atom is -0.508 e. The predicted molar refractivity (Wildman–Crippen MR) is 92.8 cm³/mol. The summed E-state index contributed by atoms with van der Waals surface area (Å²) in [5.74, 6) is 2.00. The molecule has 0 aliphatic carbocycles. The monoisotopic (exact) mass is 324 g/mol. The van der Waals surface area contributed by atoms with Gasteiger partial charge in [-0.1, -0.05) is 12.1 Å². The van der Waals surface area contributed by atoms with Crippen molar-refractivity contribution in [3.05, 3.63) is 36.0 Å². The number of nitrogen functional groups attached to an aromatic ring is 1. The highest BCUT2D eigenvalue weighted by Gasteiger charge is 2.25. The molecule has 7 heteroatoms. The number of aromatic nitrogens is 4. The van der Waals surface area contributed by atoms with Crippen LogP contribution in [0.15, 0.2) is 30.5 Å². The van der Waals surface area contributed by atoms with E-state index in [1.165, 1.54) is 5.56 Å². The molecular formula is C17H20N6O. The summed E-state index contributed by atoms with van der Waals surface area (Å²) in [6.07, 6.45) is 3.78. The van der Waals surface area contributed by atoms with Crippen LogP contribution in [-0.4, -0.2) is 37.9 Å². The van der Waals surface area contributed by atoms with Crippen LogP contribution in [0.3, 0.4) is 0 Å². The zero-order valence-electron chi connectivity index (χ0n) is 13.6. The van der Waals surface area contributed by atoms with E-state index in [-0.39, 0.29) is 0 Å². The van der Waals surface area contributed by atoms with Crippen molar-refractivity contribution in [3.8, 4) is 5.75 Å². The molecule has 124 valence electrons. The van der Waals surface area contributed by atoms with Crippen LogP contribution in [0.1, 0.15) is 12.0 Å². The molecule has 1 unspecified atom stereocenters. The molecule has 1 saturated heterocycles. The summed E-state index contributed by atoms with van der Waals surface area (Å²) in [5, 5.41) is 14.4. The summed E-state index contributed by atoms with van der Waals surface area (Å²) in [5.41, 5.74) is 8.06. The molecule has 3 N–H and O–H groups in total. The molecular weight excluding hydrogens is 304 g/mol. The highest BCUT2D eigenvalue weighted by molar-refractivity contribution is 5.86. The third-order valence-corrected chi connectivity index (χ3v) is 4.64. The zero-order valence-corrected chi connectivity index (χ0v) is 13.6. The van der Waals surface area contributed by atoms with Crippen molar-refractivity contribution >= 4 is 22.8 Å². The first-order chi connectivity index (χ1) is 11.6. The highest BCUT2D eigenvalue weighted by Crippen LogP contribution is 2.27. The van der Waals surface area contributed by atoms with Crippen LogP contribution < -0.4 is 10.6 Å². The van der Waals surface area contributed by atoms with Crippen molar-refractivity contribution in [2.75, 3.05) is 23.7 Å². The second-order valence-corrected chi connectivity index (χ2v) is 6.39. The Hall–Kier alpha value is -2.83. The summed E-state index contributed by atoms with van der Waals surface area (Å²) in [6.45, 7) is 1.83. The molecule has 1 aliphatic heterocycles. The van der Waals surface area contributed by atoms with Crippen LogP contribution in [0.25, 0.3) is 11.0 Å². The van der Waals surface area contributed by atoms with Gasteiger partial charge < -0.3 is 15.7 Å². The van der Waals surface area contributed by atoms with E-state index in [9.17, 15) is 5.11 Å². The molecule has 2 aromatic heterocycles. The molecule has 1 aromatic carbocycles. The Kier molecular flexibility index (Phi) is 3.48. The number of aromatic hydroxyl groups is 1. The topological polar surface area (TPSA) is 93.1 Å². The Morgan fingerprint density at radius 1 is 1.25 bits per heavy atom. The van der Waals surface area contributed by atoms with Crippen LogP contribution in [0.4, 0.5) is 11.8 Å². The van der Waals surface area contributed by atoms with Gasteiger partial charge in [-0.25, -0.2) is 0 Å². The number of rotatable bonds is 3. The Labute approximate surface area is 139 Å². The van der Waals surface area contributed by atoms with Crippen LogP contribution >= 0.6 is 0 Å². The number of fused-ring (bicyclic) bond motifs is 1. The smallest absolute Gasteiger partial charge is 0.229 e. The first-order valence-electron chi connectivity index (χ1n) is 8.08. The van der Waals surface area contributed by atoms with Gasteiger partial charge in [0.25, 0.3) is 0 Å². The van der Waals surface area contributed by atoms with E-state index in [4.69, 9.17) is 5.73 Å². The van der Waals surface area contributed by atoms with Gasteiger partial charge >= 0.3 is 0 Å². The Bertz CT molecular complexity index is 873. The average Bonchev–Trinajstić information content (AvgIpc) is 3.17. The first kappa shape index (κ1) is 14.7. The number of hydrogen-bond acceptors (Lipinski definition) is 6. The minimum absolute atomic E-state index is 0.306. The standard InChI is InChI=1S/C17H20N6O/c1-22-16-14(9-19-22)15(18)20-17(21-16)23-7-6-12(10-23)8-11-2-4-13(24)5-3-11/h2-5,9,12,24H,6-8,10H2,1H3,(H2,18,20,21). The molecule has 1 atom stereocenters. The fourth-order valence-electron chi connectivity index (χ4n) is 3.32. The summed E-state index contributed by atoms with van der Waals surface area (Å²) in [7, 11) is 1.86. The number of phenols is 1. The van der Waals surface area contributed by atoms with Crippen molar-refractivity contribution in [2.24, 2.45) is 13.0 Å². The van der Waals surface area contributed by atoms with Gasteiger partial charge in [0, 0.05) is 20.1 Å². The maximum absolute atomic E-state index is 9.38. The van der Waals surface area contributed by atoms with Gasteiger partial charge in [-0.2, -0.15) is 15.1 Å². The first-order valence-corrected chi connectivity index (χ1v) is 8.08. The molecule has 0 spiro atoms. The lowest BCUT2D eigenvalue weighted by Gasteiger charge is -2.17. The fraction of sp³-hybridized carbons (Fsp3) is 0.353. The van der Waals surface area contributed by atoms with Gasteiger partial charge in [0.05, 0.1) is 11.6 Å². The van der Waals surface area contributed by atoms with Crippen molar-refractivity contribution < 1.29 is 5.11 Å². The SMILES string of the molecule is Cn1ncc2c(N)nc(N3CCC(Cc4ccc(O)cc4)C3)nc21. The van der Waals surface area contributed by atoms with Crippen LogP contribution in [0, 0.1) is 5.92 Å². The Morgan fingerprint density at radius 3 is 2.83 bits per heavy atom. The molecule has 24 heavy (non-hydrogen) atoms. The number of nitrogens with two attached hydrogens (primary N) is 1. The molecule has 1 aliphatic rings. The normalized spacial score (nSPS) is 17.7. The van der Waals surface area contributed by atoms with Gasteiger partial charge in [-0.05, 0) is 36.5 Å². The van der Waals surface area contributed by atoms with Crippen molar-refractivity contribution in [1.82, 2.24) is 19.7 Å². The number of nitrogens with zero attached hydrogens (tertiary/aromatic N) is 5.